The predicted molar refractivity (Wildman–Crippen MR) is 115 cm³/mol. The molecule has 0 aliphatic carbocycles. The Balaban J connectivity index is 5.84. The minimum atomic E-state index is -4.25. The molecule has 0 spiro atoms. The maximum Gasteiger partial charge on any atom is 0.508 e. The molecule has 3 N–H and O–H groups in total. The van der Waals surface area contributed by atoms with Crippen molar-refractivity contribution < 1.29 is 46.7 Å². The molecule has 0 rings (SSSR count). The summed E-state index contributed by atoms with van der Waals surface area (Å²) in [6, 6.07) is 0. The van der Waals surface area contributed by atoms with Gasteiger partial charge in [-0.25, -0.2) is 9.59 Å². The first-order chi connectivity index (χ1) is 14.5. The van der Waals surface area contributed by atoms with E-state index < -0.39 is 57.6 Å². The molecule has 11 nitrogen and oxygen atoms in total. The van der Waals surface area contributed by atoms with Gasteiger partial charge >= 0.3 is 12.1 Å². The molecule has 0 bridgehead atoms. The van der Waals surface area contributed by atoms with Crippen LogP contribution in [0.5, 0.6) is 0 Å². The normalized spacial score (nSPS) is 15.2. The highest BCUT2D eigenvalue weighted by atomic mass is 32.2. The second-order valence-electron chi connectivity index (χ2n) is 8.96. The number of hydrogen-bond donors (Lipinski definition) is 3. The van der Waals surface area contributed by atoms with Crippen LogP contribution in [-0.2, 0) is 33.4 Å². The van der Waals surface area contributed by atoms with Gasteiger partial charge in [0.25, 0.3) is 10.1 Å². The van der Waals surface area contributed by atoms with Crippen LogP contribution >= 0.6 is 0 Å². The lowest BCUT2D eigenvalue weighted by Crippen LogP contribution is -2.54. The van der Waals surface area contributed by atoms with Crippen molar-refractivity contribution >= 4 is 28.1 Å². The van der Waals surface area contributed by atoms with Crippen LogP contribution in [0.4, 0.5) is 4.79 Å². The zero-order valence-electron chi connectivity index (χ0n) is 19.8. The summed E-state index contributed by atoms with van der Waals surface area (Å²) in [5, 5.41) is 22.0. The molecule has 0 aliphatic rings. The molecule has 0 aromatic heterocycles. The van der Waals surface area contributed by atoms with Gasteiger partial charge in [0, 0.05) is 18.9 Å². The quantitative estimate of drug-likeness (QED) is 0.187. The van der Waals surface area contributed by atoms with E-state index in [1.807, 2.05) is 13.8 Å². The van der Waals surface area contributed by atoms with E-state index in [1.165, 1.54) is 20.8 Å². The van der Waals surface area contributed by atoms with Gasteiger partial charge in [-0.1, -0.05) is 41.5 Å². The highest BCUT2D eigenvalue weighted by Gasteiger charge is 2.49. The zero-order chi connectivity index (χ0) is 25.3. The van der Waals surface area contributed by atoms with Crippen molar-refractivity contribution in [2.24, 2.45) is 17.3 Å². The van der Waals surface area contributed by atoms with Crippen LogP contribution in [0.3, 0.4) is 0 Å². The van der Waals surface area contributed by atoms with Crippen LogP contribution in [0.1, 0.15) is 54.9 Å². The van der Waals surface area contributed by atoms with E-state index in [9.17, 15) is 33.0 Å². The molecule has 1 amide bonds. The Hall–Kier alpha value is -1.92. The Bertz CT molecular complexity index is 733. The van der Waals surface area contributed by atoms with Crippen LogP contribution in [0.25, 0.3) is 0 Å². The molecular formula is C20H37NO10S. The van der Waals surface area contributed by atoms with Crippen molar-refractivity contribution in [1.82, 2.24) is 5.32 Å². The minimum Gasteiger partial charge on any atom is -0.479 e. The number of carbonyl (C=O) groups is 3. The molecular weight excluding hydrogens is 446 g/mol. The summed E-state index contributed by atoms with van der Waals surface area (Å²) < 4.78 is 40.9. The van der Waals surface area contributed by atoms with Gasteiger partial charge in [-0.05, 0) is 18.3 Å². The SMILES string of the molecule is CC(=O)NCCCS(=O)(=O)OC(C(OC(=O)OCC(C)C)C(C)C)C(C)(C)[C@@H](O)C(=O)O. The number of carboxylic acids is 1. The Morgan fingerprint density at radius 2 is 1.66 bits per heavy atom. The standard InChI is InChI=1S/C20H37NO10S/c1-12(2)11-29-19(26)30-15(13(3)4)17(20(6,7)16(23)18(24)25)31-32(27,28)10-8-9-21-14(5)22/h12-13,15-17,23H,8-11H2,1-7H3,(H,21,22)(H,24,25)/t15?,16-,17?/m0/s1. The molecule has 0 saturated heterocycles. The van der Waals surface area contributed by atoms with Crippen LogP contribution in [-0.4, -0.2) is 73.9 Å². The molecule has 32 heavy (non-hydrogen) atoms. The summed E-state index contributed by atoms with van der Waals surface area (Å²) in [4.78, 5) is 34.6. The number of aliphatic carboxylic acids is 1. The first kappa shape index (κ1) is 30.1. The summed E-state index contributed by atoms with van der Waals surface area (Å²) in [6.45, 7) is 11.0. The highest BCUT2D eigenvalue weighted by molar-refractivity contribution is 7.86. The molecule has 0 radical (unpaired) electrons. The lowest BCUT2D eigenvalue weighted by molar-refractivity contribution is -0.164. The van der Waals surface area contributed by atoms with Gasteiger partial charge < -0.3 is 25.0 Å². The summed E-state index contributed by atoms with van der Waals surface area (Å²) in [5.41, 5.74) is -1.68. The van der Waals surface area contributed by atoms with Gasteiger partial charge in [0.15, 0.2) is 6.10 Å². The van der Waals surface area contributed by atoms with E-state index in [2.05, 4.69) is 5.32 Å². The molecule has 0 saturated carbocycles. The Kier molecular flexibility index (Phi) is 12.2. The number of aliphatic hydroxyl groups is 1. The minimum absolute atomic E-state index is 0.0290. The fourth-order valence-electron chi connectivity index (χ4n) is 2.72. The molecule has 0 aromatic rings. The number of amides is 1. The van der Waals surface area contributed by atoms with E-state index in [0.717, 1.165) is 0 Å². The van der Waals surface area contributed by atoms with Gasteiger partial charge in [-0.2, -0.15) is 8.42 Å². The van der Waals surface area contributed by atoms with Crippen LogP contribution in [0, 0.1) is 17.3 Å². The first-order valence-electron chi connectivity index (χ1n) is 10.4. The summed E-state index contributed by atoms with van der Waals surface area (Å²) in [6.07, 6.45) is -5.82. The average Bonchev–Trinajstić information content (AvgIpc) is 2.65. The van der Waals surface area contributed by atoms with E-state index in [4.69, 9.17) is 13.7 Å². The summed E-state index contributed by atoms with van der Waals surface area (Å²) >= 11 is 0. The van der Waals surface area contributed by atoms with Crippen molar-refractivity contribution in [2.45, 2.75) is 73.2 Å². The number of carbonyl (C=O) groups excluding carboxylic acids is 2. The van der Waals surface area contributed by atoms with Crippen molar-refractivity contribution in [2.75, 3.05) is 18.9 Å². The largest absolute Gasteiger partial charge is 0.508 e. The van der Waals surface area contributed by atoms with E-state index >= 15 is 0 Å². The van der Waals surface area contributed by atoms with Crippen LogP contribution < -0.4 is 5.32 Å². The van der Waals surface area contributed by atoms with Gasteiger partial charge in [0.1, 0.15) is 12.2 Å². The molecule has 0 aromatic carbocycles. The smallest absolute Gasteiger partial charge is 0.479 e. The van der Waals surface area contributed by atoms with E-state index in [0.29, 0.717) is 0 Å². The van der Waals surface area contributed by atoms with Crippen molar-refractivity contribution in [3.8, 4) is 0 Å². The molecule has 188 valence electrons. The van der Waals surface area contributed by atoms with Gasteiger partial charge in [-0.3, -0.25) is 8.98 Å². The fourth-order valence-corrected chi connectivity index (χ4v) is 3.99. The topological polar surface area (TPSA) is 166 Å². The van der Waals surface area contributed by atoms with Gasteiger partial charge in [0.05, 0.1) is 12.4 Å². The number of nitrogens with one attached hydrogen (secondary N) is 1. The molecule has 3 atom stereocenters. The van der Waals surface area contributed by atoms with Crippen LogP contribution in [0.15, 0.2) is 0 Å². The third-order valence-corrected chi connectivity index (χ3v) is 5.88. The lowest BCUT2D eigenvalue weighted by atomic mass is 9.76. The molecule has 2 unspecified atom stereocenters. The van der Waals surface area contributed by atoms with Gasteiger partial charge in [0.2, 0.25) is 5.91 Å². The zero-order valence-corrected chi connectivity index (χ0v) is 20.6. The van der Waals surface area contributed by atoms with E-state index in [1.54, 1.807) is 13.8 Å². The lowest BCUT2D eigenvalue weighted by Gasteiger charge is -2.40. The summed E-state index contributed by atoms with van der Waals surface area (Å²) in [5.74, 6) is -2.87. The molecule has 0 heterocycles. The van der Waals surface area contributed by atoms with Gasteiger partial charge in [-0.15, -0.1) is 0 Å². The van der Waals surface area contributed by atoms with Crippen molar-refractivity contribution in [3.05, 3.63) is 0 Å². The average molecular weight is 484 g/mol. The van der Waals surface area contributed by atoms with E-state index in [-0.39, 0.29) is 31.4 Å². The Morgan fingerprint density at radius 3 is 2.09 bits per heavy atom. The third kappa shape index (κ3) is 10.6. The number of rotatable bonds is 14. The third-order valence-electron chi connectivity index (χ3n) is 4.59. The Morgan fingerprint density at radius 1 is 1.09 bits per heavy atom. The second-order valence-corrected chi connectivity index (χ2v) is 10.7. The fraction of sp³-hybridized carbons (Fsp3) is 0.850. The van der Waals surface area contributed by atoms with Crippen molar-refractivity contribution in [3.63, 3.8) is 0 Å². The summed E-state index contributed by atoms with van der Waals surface area (Å²) in [7, 11) is -4.25. The molecule has 0 aliphatic heterocycles. The maximum atomic E-state index is 12.6. The Labute approximate surface area is 189 Å². The molecule has 0 fully saturated rings. The van der Waals surface area contributed by atoms with Crippen molar-refractivity contribution in [1.29, 1.82) is 0 Å². The number of carboxylic acid groups (broad SMARTS) is 1. The second kappa shape index (κ2) is 12.9. The predicted octanol–water partition coefficient (Wildman–Crippen LogP) is 1.53. The number of ether oxygens (including phenoxy) is 2. The van der Waals surface area contributed by atoms with Crippen LogP contribution in [0.2, 0.25) is 0 Å². The first-order valence-corrected chi connectivity index (χ1v) is 12.0. The monoisotopic (exact) mass is 483 g/mol. The maximum absolute atomic E-state index is 12.6. The highest BCUT2D eigenvalue weighted by Crippen LogP contribution is 2.35. The number of aliphatic hydroxyl groups excluding tert-OH is 1. The number of hydrogen-bond acceptors (Lipinski definition) is 9. The molecule has 12 heteroatoms.